The summed E-state index contributed by atoms with van der Waals surface area (Å²) in [6.45, 7) is 1.52. The molecular weight excluding hydrogens is 538 g/mol. The zero-order valence-electron chi connectivity index (χ0n) is 24.0. The second kappa shape index (κ2) is 13.7. The maximum Gasteiger partial charge on any atom is 0.244 e. The van der Waals surface area contributed by atoms with Gasteiger partial charge >= 0.3 is 0 Å². The van der Waals surface area contributed by atoms with Crippen LogP contribution in [0.1, 0.15) is 42.4 Å². The van der Waals surface area contributed by atoms with Crippen LogP contribution in [-0.4, -0.2) is 57.1 Å². The number of benzene rings is 3. The van der Waals surface area contributed by atoms with E-state index >= 15 is 0 Å². The first-order valence-electron chi connectivity index (χ1n) is 14.0. The Bertz CT molecular complexity index is 1420. The number of hydrogen-bond donors (Lipinski definition) is 1. The van der Waals surface area contributed by atoms with Gasteiger partial charge in [0, 0.05) is 19.0 Å². The summed E-state index contributed by atoms with van der Waals surface area (Å²) >= 11 is 0. The van der Waals surface area contributed by atoms with Crippen LogP contribution < -0.4 is 14.4 Å². The van der Waals surface area contributed by atoms with Crippen molar-refractivity contribution in [2.24, 2.45) is 0 Å². The first kappa shape index (κ1) is 30.1. The van der Waals surface area contributed by atoms with Crippen LogP contribution in [0.3, 0.4) is 0 Å². The largest absolute Gasteiger partial charge is 0.495 e. The number of methoxy groups -OCH3 is 1. The summed E-state index contributed by atoms with van der Waals surface area (Å²) in [4.78, 5) is 29.6. The molecule has 218 valence electrons. The fourth-order valence-corrected chi connectivity index (χ4v) is 6.14. The maximum atomic E-state index is 14.2. The molecule has 1 aliphatic rings. The molecule has 0 aromatic heterocycles. The van der Waals surface area contributed by atoms with E-state index in [1.165, 1.54) is 12.0 Å². The number of nitrogens with one attached hydrogen (secondary N) is 1. The maximum absolute atomic E-state index is 14.2. The van der Waals surface area contributed by atoms with Gasteiger partial charge in [-0.25, -0.2) is 8.42 Å². The van der Waals surface area contributed by atoms with Crippen molar-refractivity contribution in [1.82, 2.24) is 10.2 Å². The lowest BCUT2D eigenvalue weighted by Gasteiger charge is -2.34. The minimum Gasteiger partial charge on any atom is -0.495 e. The molecule has 0 saturated heterocycles. The van der Waals surface area contributed by atoms with E-state index in [1.54, 1.807) is 12.1 Å². The van der Waals surface area contributed by atoms with Gasteiger partial charge in [-0.05, 0) is 48.6 Å². The van der Waals surface area contributed by atoms with Gasteiger partial charge in [-0.2, -0.15) is 0 Å². The lowest BCUT2D eigenvalue weighted by molar-refractivity contribution is -0.140. The molecule has 3 aromatic rings. The fraction of sp³-hybridized carbons (Fsp3) is 0.375. The summed E-state index contributed by atoms with van der Waals surface area (Å²) in [6, 6.07) is 23.4. The highest BCUT2D eigenvalue weighted by molar-refractivity contribution is 7.92. The molecule has 9 heteroatoms. The van der Waals surface area contributed by atoms with Crippen molar-refractivity contribution >= 4 is 27.5 Å². The number of hydrogen-bond acceptors (Lipinski definition) is 5. The summed E-state index contributed by atoms with van der Waals surface area (Å²) < 4.78 is 32.7. The standard InChI is InChI=1S/C32H39N3O5S/c1-24-18-19-30(40-2)28(20-24)35(41(3,38)39)23-31(36)34(22-26-14-8-5-9-15-26)29(21-25-12-6-4-7-13-25)32(37)33-27-16-10-11-17-27/h4-9,12-15,18-20,27,29H,10-11,16-17,21-23H2,1-3H3,(H,33,37)/t29-/m0/s1. The van der Waals surface area contributed by atoms with Crippen molar-refractivity contribution in [2.75, 3.05) is 24.2 Å². The van der Waals surface area contributed by atoms with Gasteiger partial charge < -0.3 is 15.0 Å². The molecule has 0 radical (unpaired) electrons. The number of ether oxygens (including phenoxy) is 1. The first-order valence-corrected chi connectivity index (χ1v) is 15.8. The molecule has 41 heavy (non-hydrogen) atoms. The Morgan fingerprint density at radius 3 is 2.15 bits per heavy atom. The quantitative estimate of drug-likeness (QED) is 0.343. The average molecular weight is 578 g/mol. The van der Waals surface area contributed by atoms with Gasteiger partial charge in [0.2, 0.25) is 21.8 Å². The van der Waals surface area contributed by atoms with E-state index < -0.39 is 28.5 Å². The van der Waals surface area contributed by atoms with Crippen LogP contribution in [0.25, 0.3) is 0 Å². The van der Waals surface area contributed by atoms with Crippen LogP contribution in [0.4, 0.5) is 5.69 Å². The minimum absolute atomic E-state index is 0.0681. The molecule has 4 rings (SSSR count). The van der Waals surface area contributed by atoms with Gasteiger partial charge in [0.1, 0.15) is 18.3 Å². The third kappa shape index (κ3) is 8.10. The number of anilines is 1. The molecule has 0 heterocycles. The van der Waals surface area contributed by atoms with Crippen LogP contribution in [0.15, 0.2) is 78.9 Å². The van der Waals surface area contributed by atoms with Gasteiger partial charge in [-0.15, -0.1) is 0 Å². The number of carbonyl (C=O) groups is 2. The summed E-state index contributed by atoms with van der Waals surface area (Å²) in [5.41, 5.74) is 2.84. The van der Waals surface area contributed by atoms with Gasteiger partial charge in [-0.1, -0.05) is 79.6 Å². The van der Waals surface area contributed by atoms with Crippen molar-refractivity contribution in [3.05, 3.63) is 95.6 Å². The molecular formula is C32H39N3O5S. The topological polar surface area (TPSA) is 96.0 Å². The fourth-order valence-electron chi connectivity index (χ4n) is 5.29. The second-order valence-corrected chi connectivity index (χ2v) is 12.6. The van der Waals surface area contributed by atoms with Crippen LogP contribution in [-0.2, 0) is 32.6 Å². The molecule has 8 nitrogen and oxygen atoms in total. The van der Waals surface area contributed by atoms with Crippen LogP contribution in [0.2, 0.25) is 0 Å². The van der Waals surface area contributed by atoms with E-state index in [0.29, 0.717) is 12.2 Å². The van der Waals surface area contributed by atoms with E-state index in [1.807, 2.05) is 73.7 Å². The molecule has 0 aliphatic heterocycles. The average Bonchev–Trinajstić information content (AvgIpc) is 3.47. The first-order chi connectivity index (χ1) is 19.7. The zero-order chi connectivity index (χ0) is 29.4. The molecule has 1 N–H and O–H groups in total. The Morgan fingerprint density at radius 2 is 1.56 bits per heavy atom. The second-order valence-electron chi connectivity index (χ2n) is 10.6. The summed E-state index contributed by atoms with van der Waals surface area (Å²) in [6.07, 6.45) is 5.30. The van der Waals surface area contributed by atoms with Gasteiger partial charge in [0.15, 0.2) is 0 Å². The van der Waals surface area contributed by atoms with E-state index in [4.69, 9.17) is 4.74 Å². The molecule has 0 bridgehead atoms. The van der Waals surface area contributed by atoms with Crippen molar-refractivity contribution in [2.45, 2.75) is 57.7 Å². The molecule has 0 spiro atoms. The predicted molar refractivity (Wildman–Crippen MR) is 161 cm³/mol. The minimum atomic E-state index is -3.89. The Balaban J connectivity index is 1.74. The lowest BCUT2D eigenvalue weighted by Crippen LogP contribution is -2.54. The van der Waals surface area contributed by atoms with E-state index in [-0.39, 0.29) is 24.2 Å². The van der Waals surface area contributed by atoms with E-state index in [0.717, 1.165) is 52.9 Å². The smallest absolute Gasteiger partial charge is 0.244 e. The summed E-state index contributed by atoms with van der Waals surface area (Å²) in [5, 5.41) is 3.18. The van der Waals surface area contributed by atoms with Gasteiger partial charge in [0.25, 0.3) is 0 Å². The number of carbonyl (C=O) groups excluding carboxylic acids is 2. The van der Waals surface area contributed by atoms with E-state index in [2.05, 4.69) is 5.32 Å². The predicted octanol–water partition coefficient (Wildman–Crippen LogP) is 4.47. The Morgan fingerprint density at radius 1 is 0.951 bits per heavy atom. The summed E-state index contributed by atoms with van der Waals surface area (Å²) in [7, 11) is -2.43. The highest BCUT2D eigenvalue weighted by Gasteiger charge is 2.34. The number of sulfonamides is 1. The van der Waals surface area contributed by atoms with Crippen molar-refractivity contribution < 1.29 is 22.7 Å². The zero-order valence-corrected chi connectivity index (χ0v) is 24.8. The van der Waals surface area contributed by atoms with Crippen LogP contribution in [0, 0.1) is 6.92 Å². The number of amides is 2. The normalized spacial score (nSPS) is 14.3. The number of nitrogens with zero attached hydrogens (tertiary/aromatic N) is 2. The third-order valence-corrected chi connectivity index (χ3v) is 8.58. The molecule has 0 unspecified atom stereocenters. The number of rotatable bonds is 12. The SMILES string of the molecule is COc1ccc(C)cc1N(CC(=O)N(Cc1ccccc1)[C@@H](Cc1ccccc1)C(=O)NC1CCCC1)S(C)(=O)=O. The molecule has 2 amide bonds. The Hall–Kier alpha value is -3.85. The van der Waals surface area contributed by atoms with Gasteiger partial charge in [-0.3, -0.25) is 13.9 Å². The van der Waals surface area contributed by atoms with Gasteiger partial charge in [0.05, 0.1) is 19.1 Å². The Kier molecular flexibility index (Phi) is 10.0. The van der Waals surface area contributed by atoms with Crippen molar-refractivity contribution in [1.29, 1.82) is 0 Å². The molecule has 1 aliphatic carbocycles. The summed E-state index contributed by atoms with van der Waals surface area (Å²) in [5.74, 6) is -0.377. The van der Waals surface area contributed by atoms with Crippen molar-refractivity contribution in [3.8, 4) is 5.75 Å². The van der Waals surface area contributed by atoms with Crippen LogP contribution >= 0.6 is 0 Å². The highest BCUT2D eigenvalue weighted by atomic mass is 32.2. The molecule has 3 aromatic carbocycles. The highest BCUT2D eigenvalue weighted by Crippen LogP contribution is 2.31. The van der Waals surface area contributed by atoms with E-state index in [9.17, 15) is 18.0 Å². The molecule has 1 saturated carbocycles. The number of aryl methyl sites for hydroxylation is 1. The third-order valence-electron chi connectivity index (χ3n) is 7.45. The molecule has 1 fully saturated rings. The Labute approximate surface area is 243 Å². The van der Waals surface area contributed by atoms with Crippen LogP contribution in [0.5, 0.6) is 5.75 Å². The molecule has 1 atom stereocenters. The lowest BCUT2D eigenvalue weighted by atomic mass is 10.0. The monoisotopic (exact) mass is 577 g/mol. The van der Waals surface area contributed by atoms with Crippen molar-refractivity contribution in [3.63, 3.8) is 0 Å².